The summed E-state index contributed by atoms with van der Waals surface area (Å²) in [6, 6.07) is 0. The fourth-order valence-corrected chi connectivity index (χ4v) is 2.63. The first-order chi connectivity index (χ1) is 5.30. The van der Waals surface area contributed by atoms with Crippen LogP contribution in [-0.2, 0) is 0 Å². The molecule has 3 rings (SSSR count). The third kappa shape index (κ3) is 1.01. The molecule has 0 radical (unpaired) electrons. The van der Waals surface area contributed by atoms with Gasteiger partial charge in [0.1, 0.15) is 0 Å². The first kappa shape index (κ1) is 6.47. The van der Waals surface area contributed by atoms with E-state index in [0.717, 1.165) is 30.6 Å². The van der Waals surface area contributed by atoms with E-state index in [1.807, 2.05) is 0 Å². The van der Waals surface area contributed by atoms with E-state index in [9.17, 15) is 5.11 Å². The van der Waals surface area contributed by atoms with Gasteiger partial charge in [-0.3, -0.25) is 0 Å². The molecule has 3 aliphatic carbocycles. The van der Waals surface area contributed by atoms with E-state index in [2.05, 4.69) is 0 Å². The third-order valence-corrected chi connectivity index (χ3v) is 3.64. The second kappa shape index (κ2) is 1.82. The summed E-state index contributed by atoms with van der Waals surface area (Å²) >= 11 is 0. The SMILES string of the molecule is OC1(C(C2CC2)C2CC2)CC1. The van der Waals surface area contributed by atoms with E-state index < -0.39 is 0 Å². The molecule has 0 bridgehead atoms. The Bertz CT molecular complexity index is 163. The largest absolute Gasteiger partial charge is 0.390 e. The molecule has 0 aliphatic heterocycles. The van der Waals surface area contributed by atoms with Crippen molar-refractivity contribution in [3.63, 3.8) is 0 Å². The summed E-state index contributed by atoms with van der Waals surface area (Å²) in [4.78, 5) is 0. The van der Waals surface area contributed by atoms with E-state index in [1.165, 1.54) is 25.7 Å². The van der Waals surface area contributed by atoms with Crippen molar-refractivity contribution in [3.8, 4) is 0 Å². The van der Waals surface area contributed by atoms with Gasteiger partial charge in [0.15, 0.2) is 0 Å². The molecule has 1 heteroatoms. The highest BCUT2D eigenvalue weighted by Gasteiger charge is 2.57. The zero-order chi connectivity index (χ0) is 7.47. The highest BCUT2D eigenvalue weighted by molar-refractivity contribution is 5.08. The third-order valence-electron chi connectivity index (χ3n) is 3.64. The minimum absolute atomic E-state index is 0.164. The number of hydrogen-bond acceptors (Lipinski definition) is 1. The fourth-order valence-electron chi connectivity index (χ4n) is 2.63. The normalized spacial score (nSPS) is 34.4. The molecule has 0 saturated heterocycles. The van der Waals surface area contributed by atoms with Crippen molar-refractivity contribution in [2.75, 3.05) is 0 Å². The minimum Gasteiger partial charge on any atom is -0.390 e. The predicted molar refractivity (Wildman–Crippen MR) is 43.1 cm³/mol. The Morgan fingerprint density at radius 1 is 1.00 bits per heavy atom. The number of hydrogen-bond donors (Lipinski definition) is 1. The lowest BCUT2D eigenvalue weighted by molar-refractivity contribution is 0.0575. The highest BCUT2D eigenvalue weighted by atomic mass is 16.3. The lowest BCUT2D eigenvalue weighted by atomic mass is 9.89. The van der Waals surface area contributed by atoms with Crippen LogP contribution in [0.15, 0.2) is 0 Å². The molecule has 3 aliphatic rings. The molecule has 11 heavy (non-hydrogen) atoms. The van der Waals surface area contributed by atoms with Crippen LogP contribution >= 0.6 is 0 Å². The van der Waals surface area contributed by atoms with Crippen molar-refractivity contribution in [1.29, 1.82) is 0 Å². The quantitative estimate of drug-likeness (QED) is 0.655. The highest BCUT2D eigenvalue weighted by Crippen LogP contribution is 2.60. The van der Waals surface area contributed by atoms with Crippen molar-refractivity contribution in [1.82, 2.24) is 0 Å². The van der Waals surface area contributed by atoms with E-state index >= 15 is 0 Å². The maximum atomic E-state index is 10.0. The second-order valence-corrected chi connectivity index (χ2v) is 4.80. The lowest BCUT2D eigenvalue weighted by Gasteiger charge is -2.21. The van der Waals surface area contributed by atoms with Crippen molar-refractivity contribution >= 4 is 0 Å². The van der Waals surface area contributed by atoms with Crippen molar-refractivity contribution in [3.05, 3.63) is 0 Å². The molecular weight excluding hydrogens is 136 g/mol. The van der Waals surface area contributed by atoms with Crippen LogP contribution in [0.25, 0.3) is 0 Å². The summed E-state index contributed by atoms with van der Waals surface area (Å²) in [6.45, 7) is 0. The molecule has 3 saturated carbocycles. The van der Waals surface area contributed by atoms with Crippen LogP contribution in [-0.4, -0.2) is 10.7 Å². The Labute approximate surface area is 67.8 Å². The zero-order valence-electron chi connectivity index (χ0n) is 6.92. The lowest BCUT2D eigenvalue weighted by Crippen LogP contribution is -2.25. The Morgan fingerprint density at radius 2 is 1.45 bits per heavy atom. The van der Waals surface area contributed by atoms with Crippen molar-refractivity contribution in [2.24, 2.45) is 17.8 Å². The van der Waals surface area contributed by atoms with E-state index in [0.29, 0.717) is 0 Å². The van der Waals surface area contributed by atoms with Gasteiger partial charge in [-0.2, -0.15) is 0 Å². The molecule has 1 nitrogen and oxygen atoms in total. The van der Waals surface area contributed by atoms with Gasteiger partial charge in [0.25, 0.3) is 0 Å². The van der Waals surface area contributed by atoms with E-state index in [4.69, 9.17) is 0 Å². The molecule has 1 N–H and O–H groups in total. The smallest absolute Gasteiger partial charge is 0.0683 e. The van der Waals surface area contributed by atoms with E-state index in [-0.39, 0.29) is 5.60 Å². The Balaban J connectivity index is 1.76. The maximum Gasteiger partial charge on any atom is 0.0683 e. The van der Waals surface area contributed by atoms with Crippen LogP contribution in [0.5, 0.6) is 0 Å². The van der Waals surface area contributed by atoms with Crippen molar-refractivity contribution in [2.45, 2.75) is 44.1 Å². The minimum atomic E-state index is -0.164. The molecule has 0 unspecified atom stereocenters. The zero-order valence-corrected chi connectivity index (χ0v) is 6.92. The Hall–Kier alpha value is -0.0400. The molecule has 0 heterocycles. The van der Waals surface area contributed by atoms with Crippen LogP contribution in [0.3, 0.4) is 0 Å². The molecule has 0 aromatic rings. The standard InChI is InChI=1S/C10H16O/c11-10(5-6-10)9(7-1-2-7)8-3-4-8/h7-9,11H,1-6H2. The molecule has 0 aromatic heterocycles. The van der Waals surface area contributed by atoms with Crippen LogP contribution < -0.4 is 0 Å². The van der Waals surface area contributed by atoms with Gasteiger partial charge in [-0.25, -0.2) is 0 Å². The van der Waals surface area contributed by atoms with Crippen LogP contribution in [0, 0.1) is 17.8 Å². The summed E-state index contributed by atoms with van der Waals surface area (Å²) in [5, 5.41) is 10.0. The molecule has 0 amide bonds. The monoisotopic (exact) mass is 152 g/mol. The van der Waals surface area contributed by atoms with Gasteiger partial charge in [0, 0.05) is 0 Å². The van der Waals surface area contributed by atoms with Crippen LogP contribution in [0.2, 0.25) is 0 Å². The maximum absolute atomic E-state index is 10.0. The van der Waals surface area contributed by atoms with E-state index in [1.54, 1.807) is 0 Å². The number of rotatable bonds is 3. The summed E-state index contributed by atoms with van der Waals surface area (Å²) in [5.74, 6) is 2.58. The molecule has 0 atom stereocenters. The average molecular weight is 152 g/mol. The summed E-state index contributed by atoms with van der Waals surface area (Å²) in [7, 11) is 0. The molecule has 0 aromatic carbocycles. The van der Waals surface area contributed by atoms with Crippen LogP contribution in [0.1, 0.15) is 38.5 Å². The topological polar surface area (TPSA) is 20.2 Å². The Kier molecular flexibility index (Phi) is 1.07. The first-order valence-corrected chi connectivity index (χ1v) is 5.02. The van der Waals surface area contributed by atoms with Gasteiger partial charge in [0.05, 0.1) is 5.60 Å². The Morgan fingerprint density at radius 3 is 1.73 bits per heavy atom. The molecular formula is C10H16O. The van der Waals surface area contributed by atoms with Gasteiger partial charge >= 0.3 is 0 Å². The first-order valence-electron chi connectivity index (χ1n) is 5.02. The summed E-state index contributed by atoms with van der Waals surface area (Å²) in [6.07, 6.45) is 7.83. The van der Waals surface area contributed by atoms with Gasteiger partial charge < -0.3 is 5.11 Å². The van der Waals surface area contributed by atoms with Gasteiger partial charge in [-0.1, -0.05) is 0 Å². The fraction of sp³-hybridized carbons (Fsp3) is 1.00. The summed E-state index contributed by atoms with van der Waals surface area (Å²) in [5.41, 5.74) is -0.164. The average Bonchev–Trinajstić information content (AvgIpc) is 2.66. The summed E-state index contributed by atoms with van der Waals surface area (Å²) < 4.78 is 0. The van der Waals surface area contributed by atoms with Gasteiger partial charge in [-0.05, 0) is 56.3 Å². The molecule has 3 fully saturated rings. The number of aliphatic hydroxyl groups is 1. The molecule has 0 spiro atoms. The van der Waals surface area contributed by atoms with Crippen LogP contribution in [0.4, 0.5) is 0 Å². The van der Waals surface area contributed by atoms with Crippen molar-refractivity contribution < 1.29 is 5.11 Å². The van der Waals surface area contributed by atoms with Gasteiger partial charge in [-0.15, -0.1) is 0 Å². The second-order valence-electron chi connectivity index (χ2n) is 4.80. The predicted octanol–water partition coefficient (Wildman–Crippen LogP) is 1.95. The van der Waals surface area contributed by atoms with Gasteiger partial charge in [0.2, 0.25) is 0 Å². The molecule has 62 valence electrons.